The number of nitrogens with zero attached hydrogens (tertiary/aromatic N) is 5. The zero-order valence-electron chi connectivity index (χ0n) is 79.9. The molecule has 732 valence electrons. The molecule has 8 heterocycles. The van der Waals surface area contributed by atoms with E-state index in [9.17, 15) is 57.2 Å². The molecular weight excluding hydrogens is 1830 g/mol. The summed E-state index contributed by atoms with van der Waals surface area (Å²) in [5.41, 5.74) is 24.8. The molecule has 14 aromatic carbocycles. The Labute approximate surface area is 849 Å². The van der Waals surface area contributed by atoms with Gasteiger partial charge in [0.15, 0.2) is 0 Å². The number of aromatic carboxylic acids is 2. The van der Waals surface area contributed by atoms with Crippen LogP contribution in [0.15, 0.2) is 328 Å². The van der Waals surface area contributed by atoms with Gasteiger partial charge in [0, 0.05) is 107 Å². The minimum Gasteiger partial charge on any atom is -0.870 e. The van der Waals surface area contributed by atoms with Crippen molar-refractivity contribution >= 4 is 90.2 Å². The quantitative estimate of drug-likeness (QED) is 0.0168. The predicted molar refractivity (Wildman–Crippen MR) is 556 cm³/mol. The fourth-order valence-corrected chi connectivity index (χ4v) is 20.1. The first-order valence-corrected chi connectivity index (χ1v) is 47.6. The van der Waals surface area contributed by atoms with E-state index in [4.69, 9.17) is 14.2 Å². The number of rotatable bonds is 23. The van der Waals surface area contributed by atoms with Crippen molar-refractivity contribution in [2.75, 3.05) is 66.5 Å². The molecule has 0 saturated heterocycles. The number of aromatic hydroxyl groups is 2. The smallest absolute Gasteiger partial charge is 0.870 e. The second-order valence-electron chi connectivity index (χ2n) is 36.5. The molecule has 9 N–H and O–H groups in total. The maximum atomic E-state index is 13.8. The van der Waals surface area contributed by atoms with Gasteiger partial charge in [-0.3, -0.25) is 4.79 Å². The van der Waals surface area contributed by atoms with Crippen molar-refractivity contribution in [3.8, 4) is 23.0 Å². The number of anilines is 4. The second-order valence-corrected chi connectivity index (χ2v) is 36.5. The number of phenols is 2. The van der Waals surface area contributed by atoms with Gasteiger partial charge in [0.1, 0.15) is 82.3 Å². The van der Waals surface area contributed by atoms with Crippen LogP contribution >= 0.6 is 0 Å². The summed E-state index contributed by atoms with van der Waals surface area (Å²) in [6, 6.07) is 102. The summed E-state index contributed by atoms with van der Waals surface area (Å²) in [6.45, 7) is 6.29. The van der Waals surface area contributed by atoms with Crippen molar-refractivity contribution in [3.05, 3.63) is 452 Å². The van der Waals surface area contributed by atoms with E-state index < -0.39 is 11.9 Å². The standard InChI is InChI=1S/C34H31FN2O3.C32H27FN2O3.C27H26FN3O2.C25H21FN2O3.CH4.Li.H2O/c1-2-39-34(38)32-21-26-9-8-24(18-31(26)36-32)19-33-30-15-14-29(40-22-23-6-4-3-5-7-23)20-25(30)16-17-37(33)28-12-10-27(35)11-13-28;33-25-8-10-26(11-9-25)35-15-14-23-18-27(38-20-21-4-2-1-3-5-21)12-13-28(23)31(35)17-22-6-7-24-19-30(32(36)37)34-29(24)16-22;1-30(2)27(33)25-16-19-4-3-17(13-24(19)29-25)14-26-23-10-9-22(32)15-18(23)11-12-31(26)21-7-5-20(28)6-8-21;26-18-3-5-19(6-4-18)28-10-9-16-13-20(29)7-8-21(16)24(28)12-15-1-2-17-14-23(25(30)31)27-22(17)11-15;;;/h3-15,18,20-21,33,36H,2,16-17,19,22H2,1H3;1-13,16,18-19,31,34H,14-15,17,20H2,(H,36,37);3-10,13,15-16,26,29,32H,11-12,14H2,1-2H3;1-8,11,13-14,24,27,29H,9-10,12H2,(H,30,31);1H4;;1H2/q;;;;;+1;/p-1. The fourth-order valence-electron chi connectivity index (χ4n) is 20.1. The summed E-state index contributed by atoms with van der Waals surface area (Å²) in [5, 5.41) is 42.2. The average molecular weight is 1940 g/mol. The third kappa shape index (κ3) is 23.6. The number of carbonyl (C=O) groups is 4. The Morgan fingerprint density at radius 1 is 0.345 bits per heavy atom. The van der Waals surface area contributed by atoms with E-state index >= 15 is 0 Å². The van der Waals surface area contributed by atoms with E-state index in [0.717, 1.165) is 193 Å². The number of hydrogen-bond donors (Lipinski definition) is 8. The first-order chi connectivity index (χ1) is 69.0. The summed E-state index contributed by atoms with van der Waals surface area (Å²) >= 11 is 0. The van der Waals surface area contributed by atoms with Gasteiger partial charge in [-0.05, 0) is 330 Å². The molecule has 4 aliphatic heterocycles. The summed E-state index contributed by atoms with van der Waals surface area (Å²) in [6.07, 6.45) is 6.20. The van der Waals surface area contributed by atoms with Crippen LogP contribution in [0.2, 0.25) is 0 Å². The molecule has 4 aromatic heterocycles. The van der Waals surface area contributed by atoms with Crippen LogP contribution in [0.3, 0.4) is 0 Å². The first kappa shape index (κ1) is 102. The number of carboxylic acid groups (broad SMARTS) is 2. The van der Waals surface area contributed by atoms with Gasteiger partial charge in [-0.2, -0.15) is 0 Å². The summed E-state index contributed by atoms with van der Waals surface area (Å²) in [7, 11) is 3.48. The Morgan fingerprint density at radius 3 is 0.931 bits per heavy atom. The SMILES string of the molecule is C.CCOC(=O)c1cc2ccc(CC3c4ccc(OCc5ccccc5)cc4CCN3c3ccc(F)cc3)cc2[nH]1.CN(C)C(=O)c1cc2ccc(CC3c4ccc(O)cc4CCN3c3ccc(F)cc3)cc2[nH]1.O=C(O)c1cc2ccc(CC3c4ccc(O)cc4CCN3c3ccc(F)cc3)cc2[nH]1.O=C(O)c1cc2ccc(CC3c4ccc(OCc5ccccc5)cc4CCN3c3ccc(F)cc3)cc2[nH]1.[Li+].[OH-]. The Kier molecular flexibility index (Phi) is 31.8. The Balaban J connectivity index is 0.000000138. The van der Waals surface area contributed by atoms with Crippen molar-refractivity contribution < 1.29 is 95.7 Å². The van der Waals surface area contributed by atoms with Gasteiger partial charge in [0.2, 0.25) is 0 Å². The number of nitrogens with one attached hydrogen (secondary N) is 4. The van der Waals surface area contributed by atoms with Gasteiger partial charge < -0.3 is 84.5 Å². The Hall–Kier alpha value is -16.2. The molecule has 0 aliphatic carbocycles. The summed E-state index contributed by atoms with van der Waals surface area (Å²) < 4.78 is 71.9. The number of benzene rings is 14. The zero-order chi connectivity index (χ0) is 98.2. The largest absolute Gasteiger partial charge is 1.00 e. The van der Waals surface area contributed by atoms with Gasteiger partial charge in [0.25, 0.3) is 5.91 Å². The number of ether oxygens (including phenoxy) is 3. The number of carbonyl (C=O) groups excluding carboxylic acids is 2. The number of aromatic amines is 4. The molecule has 0 saturated carbocycles. The maximum Gasteiger partial charge on any atom is 1.00 e. The van der Waals surface area contributed by atoms with Crippen LogP contribution in [0.1, 0.15) is 158 Å². The van der Waals surface area contributed by atoms with E-state index in [1.54, 1.807) is 62.3 Å². The molecule has 0 spiro atoms. The molecule has 22 rings (SSSR count). The number of H-pyrrole nitrogens is 4. The zero-order valence-corrected chi connectivity index (χ0v) is 79.9. The molecule has 21 nitrogen and oxygen atoms in total. The number of aromatic nitrogens is 4. The fraction of sp³-hybridized carbons (Fsp3) is 0.193. The van der Waals surface area contributed by atoms with Crippen molar-refractivity contribution in [2.45, 2.75) is 103 Å². The van der Waals surface area contributed by atoms with Crippen LogP contribution in [0, 0.1) is 23.3 Å². The first-order valence-electron chi connectivity index (χ1n) is 47.6. The van der Waals surface area contributed by atoms with Gasteiger partial charge in [-0.15, -0.1) is 0 Å². The van der Waals surface area contributed by atoms with E-state index in [-0.39, 0.29) is 114 Å². The molecule has 1 amide bonds. The Bertz CT molecular complexity index is 7630. The van der Waals surface area contributed by atoms with Crippen molar-refractivity contribution in [1.82, 2.24) is 24.8 Å². The number of hydrogen-bond acceptors (Lipinski definition) is 14. The van der Waals surface area contributed by atoms with E-state index in [0.29, 0.717) is 44.1 Å². The number of amides is 1. The molecule has 0 bridgehead atoms. The van der Waals surface area contributed by atoms with Gasteiger partial charge in [-0.25, -0.2) is 31.9 Å². The van der Waals surface area contributed by atoms with Crippen LogP contribution < -0.4 is 47.9 Å². The number of halogens is 4. The molecule has 145 heavy (non-hydrogen) atoms. The maximum absolute atomic E-state index is 13.8. The van der Waals surface area contributed by atoms with Crippen molar-refractivity contribution in [2.24, 2.45) is 0 Å². The second kappa shape index (κ2) is 45.4. The molecule has 4 unspecified atom stereocenters. The van der Waals surface area contributed by atoms with Crippen molar-refractivity contribution in [3.63, 3.8) is 0 Å². The number of fused-ring (bicyclic) bond motifs is 8. The number of phenolic OH excluding ortho intramolecular Hbond substituents is 2. The molecule has 18 aromatic rings. The summed E-state index contributed by atoms with van der Waals surface area (Å²) in [5.74, 6) is -1.17. The molecule has 26 heteroatoms. The molecule has 0 fully saturated rings. The average Bonchev–Trinajstić information content (AvgIpc) is 1.78. The van der Waals surface area contributed by atoms with Crippen LogP contribution in [-0.2, 0) is 69.3 Å². The predicted octanol–water partition coefficient (Wildman–Crippen LogP) is 21.9. The van der Waals surface area contributed by atoms with E-state index in [1.807, 2.05) is 164 Å². The minimum absolute atomic E-state index is 0. The number of esters is 1. The molecule has 4 aliphatic rings. The van der Waals surface area contributed by atoms with Gasteiger partial charge in [0.05, 0.1) is 30.8 Å². The molecular formula is C119H110F4LiN9O12. The molecule has 4 atom stereocenters. The monoisotopic (exact) mass is 1940 g/mol. The minimum atomic E-state index is -0.985. The molecule has 0 radical (unpaired) electrons. The van der Waals surface area contributed by atoms with E-state index in [2.05, 4.69) is 118 Å². The third-order valence-corrected chi connectivity index (χ3v) is 27.1. The van der Waals surface area contributed by atoms with Crippen LogP contribution in [0.5, 0.6) is 23.0 Å². The normalized spacial score (nSPS) is 14.8. The van der Waals surface area contributed by atoms with Crippen molar-refractivity contribution in [1.29, 1.82) is 0 Å². The van der Waals surface area contributed by atoms with Crippen LogP contribution in [0.25, 0.3) is 43.6 Å². The van der Waals surface area contributed by atoms with Crippen LogP contribution in [0.4, 0.5) is 40.3 Å². The number of carboxylic acids is 2. The third-order valence-electron chi connectivity index (χ3n) is 27.1. The summed E-state index contributed by atoms with van der Waals surface area (Å²) in [4.78, 5) is 70.5. The Morgan fingerprint density at radius 2 is 0.628 bits per heavy atom. The van der Waals surface area contributed by atoms with Gasteiger partial charge >= 0.3 is 36.8 Å². The van der Waals surface area contributed by atoms with Gasteiger partial charge in [-0.1, -0.05) is 141 Å². The van der Waals surface area contributed by atoms with Crippen LogP contribution in [-0.4, -0.2) is 121 Å². The van der Waals surface area contributed by atoms with E-state index in [1.165, 1.54) is 76.3 Å². The topological polar surface area (TPSA) is 286 Å².